The van der Waals surface area contributed by atoms with Crippen molar-refractivity contribution in [3.8, 4) is 5.75 Å². The van der Waals surface area contributed by atoms with Crippen LogP contribution < -0.4 is 4.74 Å². The number of fused-ring (bicyclic) bond motifs is 1. The van der Waals surface area contributed by atoms with E-state index in [2.05, 4.69) is 23.7 Å². The van der Waals surface area contributed by atoms with Crippen LogP contribution in [0.5, 0.6) is 5.75 Å². The maximum atomic E-state index is 13.0. The van der Waals surface area contributed by atoms with Gasteiger partial charge in [0.25, 0.3) is 0 Å². The fourth-order valence-corrected chi connectivity index (χ4v) is 3.82. The molecule has 1 N–H and O–H groups in total. The zero-order chi connectivity index (χ0) is 16.6. The van der Waals surface area contributed by atoms with Gasteiger partial charge >= 0.3 is 0 Å². The van der Waals surface area contributed by atoms with Crippen LogP contribution >= 0.6 is 0 Å². The molecule has 1 aliphatic heterocycles. The number of piperidine rings is 1. The summed E-state index contributed by atoms with van der Waals surface area (Å²) in [6.45, 7) is 6.93. The summed E-state index contributed by atoms with van der Waals surface area (Å²) in [5.41, 5.74) is 2.74. The molecule has 4 heteroatoms. The molecular weight excluding hydrogens is 288 g/mol. The number of ether oxygens (including phenoxy) is 1. The molecular formula is C19H26N2O2. The lowest BCUT2D eigenvalue weighted by Crippen LogP contribution is -2.46. The molecule has 2 aromatic rings. The minimum Gasteiger partial charge on any atom is -0.497 e. The van der Waals surface area contributed by atoms with Gasteiger partial charge in [-0.15, -0.1) is 0 Å². The molecule has 3 rings (SSSR count). The lowest BCUT2D eigenvalue weighted by molar-refractivity contribution is 0.0735. The van der Waals surface area contributed by atoms with E-state index < -0.39 is 0 Å². The van der Waals surface area contributed by atoms with Gasteiger partial charge in [-0.05, 0) is 51.8 Å². The molecule has 0 spiro atoms. The normalized spacial score (nSPS) is 22.4. The Morgan fingerprint density at radius 2 is 2.00 bits per heavy atom. The fraction of sp³-hybridized carbons (Fsp3) is 0.526. The Morgan fingerprint density at radius 3 is 2.65 bits per heavy atom. The number of likely N-dealkylation sites (tertiary alicyclic amines) is 1. The number of carbonyl (C=O) groups is 1. The van der Waals surface area contributed by atoms with Gasteiger partial charge in [0.05, 0.1) is 13.7 Å². The second-order valence-corrected chi connectivity index (χ2v) is 6.76. The monoisotopic (exact) mass is 314 g/mol. The van der Waals surface area contributed by atoms with Crippen LogP contribution in [0.25, 0.3) is 10.9 Å². The summed E-state index contributed by atoms with van der Waals surface area (Å²) >= 11 is 0. The molecule has 0 aliphatic carbocycles. The highest BCUT2D eigenvalue weighted by Gasteiger charge is 2.28. The van der Waals surface area contributed by atoms with Crippen LogP contribution in [0.15, 0.2) is 18.2 Å². The number of methoxy groups -OCH3 is 1. The van der Waals surface area contributed by atoms with Crippen molar-refractivity contribution in [3.63, 3.8) is 0 Å². The van der Waals surface area contributed by atoms with Crippen LogP contribution in [-0.2, 0) is 0 Å². The summed E-state index contributed by atoms with van der Waals surface area (Å²) < 4.78 is 5.31. The first-order valence-corrected chi connectivity index (χ1v) is 8.46. The molecule has 23 heavy (non-hydrogen) atoms. The van der Waals surface area contributed by atoms with Gasteiger partial charge in [-0.1, -0.05) is 6.42 Å². The summed E-state index contributed by atoms with van der Waals surface area (Å²) in [7, 11) is 1.65. The summed E-state index contributed by atoms with van der Waals surface area (Å²) in [6.07, 6.45) is 3.62. The van der Waals surface area contributed by atoms with E-state index in [4.69, 9.17) is 4.74 Å². The van der Waals surface area contributed by atoms with Crippen LogP contribution in [0.3, 0.4) is 0 Å². The van der Waals surface area contributed by atoms with Crippen molar-refractivity contribution in [2.24, 2.45) is 0 Å². The molecule has 1 aliphatic rings. The first-order valence-electron chi connectivity index (χ1n) is 8.46. The maximum absolute atomic E-state index is 13.0. The van der Waals surface area contributed by atoms with Gasteiger partial charge in [0.2, 0.25) is 0 Å². The molecule has 0 saturated carbocycles. The number of nitrogens with zero attached hydrogens (tertiary/aromatic N) is 1. The summed E-state index contributed by atoms with van der Waals surface area (Å²) in [4.78, 5) is 18.7. The zero-order valence-electron chi connectivity index (χ0n) is 14.5. The highest BCUT2D eigenvalue weighted by molar-refractivity contribution is 6.10. The highest BCUT2D eigenvalue weighted by Crippen LogP contribution is 2.28. The number of carbonyl (C=O) groups excluding carboxylic acids is 1. The number of ketones is 1. The van der Waals surface area contributed by atoms with Crippen molar-refractivity contribution < 1.29 is 9.53 Å². The van der Waals surface area contributed by atoms with Crippen molar-refractivity contribution in [2.45, 2.75) is 52.1 Å². The molecule has 2 atom stereocenters. The molecule has 124 valence electrons. The predicted molar refractivity (Wildman–Crippen MR) is 93.4 cm³/mol. The minimum absolute atomic E-state index is 0.197. The lowest BCUT2D eigenvalue weighted by Gasteiger charge is -2.38. The third-order valence-electron chi connectivity index (χ3n) is 5.17. The van der Waals surface area contributed by atoms with Gasteiger partial charge in [0.1, 0.15) is 5.75 Å². The topological polar surface area (TPSA) is 45.3 Å². The van der Waals surface area contributed by atoms with Crippen molar-refractivity contribution in [2.75, 3.05) is 13.7 Å². The van der Waals surface area contributed by atoms with E-state index in [1.165, 1.54) is 19.3 Å². The van der Waals surface area contributed by atoms with Crippen LogP contribution in [0.1, 0.15) is 49.2 Å². The van der Waals surface area contributed by atoms with Crippen LogP contribution in [-0.4, -0.2) is 41.4 Å². The Bertz CT molecular complexity index is 709. The Hall–Kier alpha value is -1.81. The summed E-state index contributed by atoms with van der Waals surface area (Å²) in [5.74, 6) is 0.980. The molecule has 0 unspecified atom stereocenters. The van der Waals surface area contributed by atoms with E-state index in [-0.39, 0.29) is 5.78 Å². The molecule has 1 fully saturated rings. The summed E-state index contributed by atoms with van der Waals surface area (Å²) in [5, 5.41) is 0.962. The molecule has 0 radical (unpaired) electrons. The lowest BCUT2D eigenvalue weighted by atomic mass is 9.96. The van der Waals surface area contributed by atoms with Gasteiger partial charge in [-0.3, -0.25) is 9.69 Å². The van der Waals surface area contributed by atoms with Crippen molar-refractivity contribution in [3.05, 3.63) is 29.5 Å². The van der Waals surface area contributed by atoms with E-state index in [9.17, 15) is 4.79 Å². The van der Waals surface area contributed by atoms with Gasteiger partial charge in [-0.25, -0.2) is 0 Å². The molecule has 0 amide bonds. The third kappa shape index (κ3) is 3.00. The van der Waals surface area contributed by atoms with Crippen LogP contribution in [0.2, 0.25) is 0 Å². The molecule has 2 heterocycles. The number of aryl methyl sites for hydroxylation is 1. The third-order valence-corrected chi connectivity index (χ3v) is 5.17. The van der Waals surface area contributed by atoms with Crippen molar-refractivity contribution in [1.29, 1.82) is 0 Å². The number of nitrogens with one attached hydrogen (secondary N) is 1. The number of benzene rings is 1. The van der Waals surface area contributed by atoms with Gasteiger partial charge in [-0.2, -0.15) is 0 Å². The standard InChI is InChI=1S/C19H26N2O2/c1-12-6-5-7-13(2)21(12)11-18(22)19-14(3)20-17-9-8-15(23-4)10-16(17)19/h8-10,12-13,20H,5-7,11H2,1-4H3/t12-,13+. The van der Waals surface area contributed by atoms with E-state index in [1.807, 2.05) is 25.1 Å². The van der Waals surface area contributed by atoms with E-state index in [1.54, 1.807) is 7.11 Å². The number of hydrogen-bond acceptors (Lipinski definition) is 3. The number of aromatic amines is 1. The quantitative estimate of drug-likeness (QED) is 0.870. The second kappa shape index (κ2) is 6.36. The van der Waals surface area contributed by atoms with Crippen molar-refractivity contribution >= 4 is 16.7 Å². The summed E-state index contributed by atoms with van der Waals surface area (Å²) in [6, 6.07) is 6.80. The average Bonchev–Trinajstić information content (AvgIpc) is 2.85. The molecule has 4 nitrogen and oxygen atoms in total. The first kappa shape index (κ1) is 16.1. The van der Waals surface area contributed by atoms with Crippen LogP contribution in [0, 0.1) is 6.92 Å². The Balaban J connectivity index is 1.92. The first-order chi connectivity index (χ1) is 11.0. The van der Waals surface area contributed by atoms with E-state index in [0.29, 0.717) is 18.6 Å². The highest BCUT2D eigenvalue weighted by atomic mass is 16.5. The number of Topliss-reactive ketones (excluding diaryl/α,β-unsaturated/α-hetero) is 1. The maximum Gasteiger partial charge on any atom is 0.179 e. The fourth-order valence-electron chi connectivity index (χ4n) is 3.82. The van der Waals surface area contributed by atoms with E-state index in [0.717, 1.165) is 27.9 Å². The molecule has 1 aromatic heterocycles. The molecule has 0 bridgehead atoms. The minimum atomic E-state index is 0.197. The predicted octanol–water partition coefficient (Wildman–Crippen LogP) is 3.93. The van der Waals surface area contributed by atoms with Crippen molar-refractivity contribution in [1.82, 2.24) is 9.88 Å². The largest absolute Gasteiger partial charge is 0.497 e. The van der Waals surface area contributed by atoms with Gasteiger partial charge in [0, 0.05) is 34.2 Å². The number of hydrogen-bond donors (Lipinski definition) is 1. The van der Waals surface area contributed by atoms with E-state index >= 15 is 0 Å². The van der Waals surface area contributed by atoms with Crippen LogP contribution in [0.4, 0.5) is 0 Å². The van der Waals surface area contributed by atoms with Gasteiger partial charge < -0.3 is 9.72 Å². The zero-order valence-corrected chi connectivity index (χ0v) is 14.5. The van der Waals surface area contributed by atoms with Gasteiger partial charge in [0.15, 0.2) is 5.78 Å². The Kier molecular flexibility index (Phi) is 4.44. The molecule has 1 saturated heterocycles. The Labute approximate surface area is 137 Å². The number of aromatic nitrogens is 1. The Morgan fingerprint density at radius 1 is 1.30 bits per heavy atom. The second-order valence-electron chi connectivity index (χ2n) is 6.76. The smallest absolute Gasteiger partial charge is 0.179 e. The number of H-pyrrole nitrogens is 1. The molecule has 1 aromatic carbocycles. The SMILES string of the molecule is COc1ccc2[nH]c(C)c(C(=O)CN3[C@H](C)CCC[C@@H]3C)c2c1. The number of rotatable bonds is 4. The average molecular weight is 314 g/mol.